The molecule has 6 rings (SSSR count). The summed E-state index contributed by atoms with van der Waals surface area (Å²) in [5.41, 5.74) is 18.4. The van der Waals surface area contributed by atoms with Crippen LogP contribution in [0.3, 0.4) is 0 Å². The number of hydrogen-bond acceptors (Lipinski definition) is 8. The van der Waals surface area contributed by atoms with E-state index in [0.29, 0.717) is 48.8 Å². The lowest BCUT2D eigenvalue weighted by Crippen LogP contribution is -2.50. The monoisotopic (exact) mass is 628 g/mol. The molecule has 0 bridgehead atoms. The van der Waals surface area contributed by atoms with E-state index < -0.39 is 11.9 Å². The van der Waals surface area contributed by atoms with Crippen molar-refractivity contribution in [3.05, 3.63) is 77.9 Å². The first kappa shape index (κ1) is 32.0. The summed E-state index contributed by atoms with van der Waals surface area (Å²) in [6.45, 7) is 0.605. The number of tetrazole rings is 1. The van der Waals surface area contributed by atoms with Gasteiger partial charge in [0.25, 0.3) is 5.91 Å². The Morgan fingerprint density at radius 3 is 2.27 bits per heavy atom. The molecule has 234 valence electrons. The third kappa shape index (κ3) is 7.11. The SMILES string of the molecule is Cl.NC[C@H]1CC[C@H](C(=O)N(C(=O)[C@@H](N)Cc2ccc(-c3ccc4c(c3)NC(=O)CC4)cc2)c2ccc(-c3nn[nH]n3)cc2)CC1. The van der Waals surface area contributed by atoms with Gasteiger partial charge in [-0.25, -0.2) is 4.90 Å². The van der Waals surface area contributed by atoms with Crippen LogP contribution in [0.15, 0.2) is 66.7 Å². The van der Waals surface area contributed by atoms with Crippen molar-refractivity contribution < 1.29 is 14.4 Å². The summed E-state index contributed by atoms with van der Waals surface area (Å²) >= 11 is 0. The van der Waals surface area contributed by atoms with Crippen molar-refractivity contribution in [3.8, 4) is 22.5 Å². The van der Waals surface area contributed by atoms with Crippen molar-refractivity contribution >= 4 is 41.5 Å². The first-order chi connectivity index (χ1) is 21.4. The lowest BCUT2D eigenvalue weighted by molar-refractivity contribution is -0.130. The van der Waals surface area contributed by atoms with E-state index in [0.717, 1.165) is 47.2 Å². The van der Waals surface area contributed by atoms with Gasteiger partial charge < -0.3 is 16.8 Å². The van der Waals surface area contributed by atoms with Gasteiger partial charge >= 0.3 is 0 Å². The number of nitrogens with two attached hydrogens (primary N) is 2. The number of H-pyrrole nitrogens is 1. The molecule has 0 saturated heterocycles. The van der Waals surface area contributed by atoms with Gasteiger partial charge in [-0.15, -0.1) is 22.6 Å². The van der Waals surface area contributed by atoms with Crippen LogP contribution in [-0.2, 0) is 27.2 Å². The molecule has 0 spiro atoms. The number of rotatable bonds is 8. The maximum Gasteiger partial charge on any atom is 0.251 e. The van der Waals surface area contributed by atoms with Crippen molar-refractivity contribution in [1.29, 1.82) is 0 Å². The van der Waals surface area contributed by atoms with Crippen LogP contribution >= 0.6 is 12.4 Å². The van der Waals surface area contributed by atoms with Crippen molar-refractivity contribution in [1.82, 2.24) is 20.6 Å². The number of aromatic nitrogens is 4. The quantitative estimate of drug-likeness (QED) is 0.226. The molecule has 4 aromatic rings. The molecule has 2 heterocycles. The highest BCUT2D eigenvalue weighted by Crippen LogP contribution is 2.32. The Bertz CT molecular complexity index is 1640. The molecule has 3 amide bonds. The van der Waals surface area contributed by atoms with Gasteiger partial charge in [-0.2, -0.15) is 5.21 Å². The molecular weight excluding hydrogens is 592 g/mol. The van der Waals surface area contributed by atoms with E-state index >= 15 is 0 Å². The number of fused-ring (bicyclic) bond motifs is 1. The predicted octanol–water partition coefficient (Wildman–Crippen LogP) is 4.03. The van der Waals surface area contributed by atoms with Gasteiger partial charge in [-0.3, -0.25) is 14.4 Å². The molecule has 1 aliphatic carbocycles. The fourth-order valence-electron chi connectivity index (χ4n) is 6.13. The molecule has 0 radical (unpaired) electrons. The average Bonchev–Trinajstić information content (AvgIpc) is 3.60. The molecule has 45 heavy (non-hydrogen) atoms. The van der Waals surface area contributed by atoms with Gasteiger partial charge in [0.1, 0.15) is 0 Å². The second-order valence-corrected chi connectivity index (χ2v) is 11.7. The van der Waals surface area contributed by atoms with Gasteiger partial charge in [0.2, 0.25) is 17.6 Å². The summed E-state index contributed by atoms with van der Waals surface area (Å²) in [5.74, 6) is -0.0985. The average molecular weight is 629 g/mol. The fourth-order valence-corrected chi connectivity index (χ4v) is 6.13. The molecule has 1 aromatic heterocycles. The molecule has 1 aliphatic heterocycles. The highest BCUT2D eigenvalue weighted by Gasteiger charge is 2.35. The number of nitrogens with one attached hydrogen (secondary N) is 2. The van der Waals surface area contributed by atoms with Crippen LogP contribution in [0.25, 0.3) is 22.5 Å². The van der Waals surface area contributed by atoms with Crippen molar-refractivity contribution in [2.45, 2.75) is 51.0 Å². The largest absolute Gasteiger partial charge is 0.330 e. The molecule has 2 aliphatic rings. The van der Waals surface area contributed by atoms with Gasteiger partial charge in [0.05, 0.1) is 11.7 Å². The summed E-state index contributed by atoms with van der Waals surface area (Å²) in [7, 11) is 0. The van der Waals surface area contributed by atoms with Crippen LogP contribution in [0.2, 0.25) is 0 Å². The zero-order valence-electron chi connectivity index (χ0n) is 24.8. The third-order valence-corrected chi connectivity index (χ3v) is 8.76. The van der Waals surface area contributed by atoms with Gasteiger partial charge in [-0.1, -0.05) is 36.4 Å². The number of amides is 3. The fraction of sp³-hybridized carbons (Fsp3) is 0.333. The maximum absolute atomic E-state index is 13.9. The number of anilines is 2. The van der Waals surface area contributed by atoms with Gasteiger partial charge in [-0.05, 0) is 109 Å². The molecule has 12 heteroatoms. The number of nitrogens with zero attached hydrogens (tertiary/aromatic N) is 4. The minimum Gasteiger partial charge on any atom is -0.330 e. The van der Waals surface area contributed by atoms with Crippen LogP contribution in [-0.4, -0.2) is 50.9 Å². The van der Waals surface area contributed by atoms with Gasteiger partial charge in [0.15, 0.2) is 0 Å². The number of benzene rings is 3. The van der Waals surface area contributed by atoms with Crippen molar-refractivity contribution in [2.75, 3.05) is 16.8 Å². The van der Waals surface area contributed by atoms with Crippen molar-refractivity contribution in [3.63, 3.8) is 0 Å². The zero-order chi connectivity index (χ0) is 30.6. The van der Waals surface area contributed by atoms with E-state index in [1.165, 1.54) is 4.90 Å². The Kier molecular flexibility index (Phi) is 10.0. The Balaban J connectivity index is 0.00000400. The lowest BCUT2D eigenvalue weighted by Gasteiger charge is -2.32. The minimum absolute atomic E-state index is 0. The van der Waals surface area contributed by atoms with E-state index in [9.17, 15) is 14.4 Å². The van der Waals surface area contributed by atoms with Crippen LogP contribution in [0, 0.1) is 11.8 Å². The molecule has 1 saturated carbocycles. The highest BCUT2D eigenvalue weighted by molar-refractivity contribution is 6.17. The molecule has 0 unspecified atom stereocenters. The van der Waals surface area contributed by atoms with Crippen LogP contribution < -0.4 is 21.7 Å². The summed E-state index contributed by atoms with van der Waals surface area (Å²) in [4.78, 5) is 40.9. The summed E-state index contributed by atoms with van der Waals surface area (Å²) in [6, 6.07) is 20.0. The molecule has 6 N–H and O–H groups in total. The lowest BCUT2D eigenvalue weighted by atomic mass is 9.81. The number of hydrogen-bond donors (Lipinski definition) is 4. The Labute approximate surface area is 267 Å². The number of aryl methyl sites for hydroxylation is 1. The van der Waals surface area contributed by atoms with E-state index in [1.54, 1.807) is 24.3 Å². The number of aromatic amines is 1. The van der Waals surface area contributed by atoms with Crippen LogP contribution in [0.4, 0.5) is 11.4 Å². The van der Waals surface area contributed by atoms with Gasteiger partial charge in [0, 0.05) is 23.6 Å². The zero-order valence-corrected chi connectivity index (χ0v) is 25.6. The summed E-state index contributed by atoms with van der Waals surface area (Å²) in [5, 5.41) is 17.0. The molecule has 3 aromatic carbocycles. The van der Waals surface area contributed by atoms with E-state index in [-0.39, 0.29) is 36.6 Å². The first-order valence-corrected chi connectivity index (χ1v) is 15.1. The number of carbonyl (C=O) groups is 3. The normalized spacial score (nSPS) is 18.2. The maximum atomic E-state index is 13.9. The summed E-state index contributed by atoms with van der Waals surface area (Å²) < 4.78 is 0. The Morgan fingerprint density at radius 1 is 0.911 bits per heavy atom. The molecular formula is C33H37ClN8O3. The van der Waals surface area contributed by atoms with E-state index in [2.05, 4.69) is 38.1 Å². The standard InChI is InChI=1S/C33H36N8O3.ClH/c34-19-21-3-7-25(8-4-21)32(43)41(27-14-11-24(12-15-27)31-37-39-40-38-31)33(44)28(35)17-20-1-5-22(6-2-20)26-10-9-23-13-16-30(42)36-29(23)18-26;/h1-2,5-6,9-12,14-15,18,21,25,28H,3-4,7-8,13,16-17,19,34-35H2,(H,36,42)(H,37,38,39,40);1H/t21-,25-,28-;/m0./s1. The Hall–Kier alpha value is -4.45. The topological polar surface area (TPSA) is 173 Å². The Morgan fingerprint density at radius 2 is 1.60 bits per heavy atom. The van der Waals surface area contributed by atoms with Crippen LogP contribution in [0.5, 0.6) is 0 Å². The first-order valence-electron chi connectivity index (χ1n) is 15.1. The second kappa shape index (κ2) is 14.1. The smallest absolute Gasteiger partial charge is 0.251 e. The number of carbonyl (C=O) groups excluding carboxylic acids is 3. The summed E-state index contributed by atoms with van der Waals surface area (Å²) in [6.07, 6.45) is 4.61. The third-order valence-electron chi connectivity index (χ3n) is 8.76. The minimum atomic E-state index is -0.930. The van der Waals surface area contributed by atoms with E-state index in [4.69, 9.17) is 11.5 Å². The van der Waals surface area contributed by atoms with Crippen LogP contribution in [0.1, 0.15) is 43.2 Å². The molecule has 1 atom stereocenters. The molecule has 1 fully saturated rings. The molecule has 11 nitrogen and oxygen atoms in total. The van der Waals surface area contributed by atoms with Crippen molar-refractivity contribution in [2.24, 2.45) is 23.3 Å². The van der Waals surface area contributed by atoms with E-state index in [1.807, 2.05) is 30.3 Å². The highest BCUT2D eigenvalue weighted by atomic mass is 35.5. The predicted molar refractivity (Wildman–Crippen MR) is 174 cm³/mol. The number of imide groups is 1. The number of halogens is 1. The second-order valence-electron chi connectivity index (χ2n) is 11.7.